The summed E-state index contributed by atoms with van der Waals surface area (Å²) in [6, 6.07) is -1.69. The summed E-state index contributed by atoms with van der Waals surface area (Å²) >= 11 is 3.10. The number of nitrogens with two attached hydrogens (primary N) is 1. The Labute approximate surface area is 125 Å². The molecule has 20 heavy (non-hydrogen) atoms. The lowest BCUT2D eigenvalue weighted by atomic mass is 10.1. The van der Waals surface area contributed by atoms with Gasteiger partial charge < -0.3 is 21.1 Å². The number of halogens is 1. The van der Waals surface area contributed by atoms with Crippen LogP contribution in [0.1, 0.15) is 19.8 Å². The number of aliphatic hydroxyl groups excluding tert-OH is 1. The number of primary amides is 1. The van der Waals surface area contributed by atoms with Crippen LogP contribution in [-0.2, 0) is 14.4 Å². The standard InChI is InChI=1S/C12H18BrN3O4/c1-6(13)3-9(11(14)19)15-12(20)10-4-8(18)5-16(10)7(2)17/h8-10,18H,1,3-5H2,2H3,(H2,14,19)(H,15,20)/t8-,9+,10+/m1/s1. The largest absolute Gasteiger partial charge is 0.391 e. The van der Waals surface area contributed by atoms with E-state index in [9.17, 15) is 19.5 Å². The van der Waals surface area contributed by atoms with Crippen molar-refractivity contribution in [1.29, 1.82) is 0 Å². The van der Waals surface area contributed by atoms with Crippen LogP contribution >= 0.6 is 15.9 Å². The van der Waals surface area contributed by atoms with Gasteiger partial charge in [0.05, 0.1) is 6.10 Å². The summed E-state index contributed by atoms with van der Waals surface area (Å²) in [5, 5.41) is 12.1. The van der Waals surface area contributed by atoms with E-state index in [1.165, 1.54) is 11.8 Å². The van der Waals surface area contributed by atoms with Crippen LogP contribution in [0.4, 0.5) is 0 Å². The van der Waals surface area contributed by atoms with Crippen molar-refractivity contribution in [2.24, 2.45) is 5.73 Å². The summed E-state index contributed by atoms with van der Waals surface area (Å²) in [7, 11) is 0. The van der Waals surface area contributed by atoms with Gasteiger partial charge in [0, 0.05) is 26.3 Å². The average Bonchev–Trinajstić information content (AvgIpc) is 2.69. The minimum atomic E-state index is -0.902. The number of carbonyl (C=O) groups is 3. The lowest BCUT2D eigenvalue weighted by Gasteiger charge is -2.24. The van der Waals surface area contributed by atoms with Crippen molar-refractivity contribution in [3.05, 3.63) is 11.1 Å². The molecule has 0 aromatic carbocycles. The molecule has 0 bridgehead atoms. The van der Waals surface area contributed by atoms with E-state index in [1.54, 1.807) is 0 Å². The van der Waals surface area contributed by atoms with E-state index in [0.717, 1.165) is 0 Å². The maximum absolute atomic E-state index is 12.1. The predicted molar refractivity (Wildman–Crippen MR) is 75.6 cm³/mol. The van der Waals surface area contributed by atoms with Gasteiger partial charge in [0.15, 0.2) is 0 Å². The highest BCUT2D eigenvalue weighted by atomic mass is 79.9. The van der Waals surface area contributed by atoms with Crippen LogP contribution in [0.5, 0.6) is 0 Å². The van der Waals surface area contributed by atoms with Crippen molar-refractivity contribution >= 4 is 33.7 Å². The van der Waals surface area contributed by atoms with Crippen LogP contribution in [0, 0.1) is 0 Å². The van der Waals surface area contributed by atoms with Crippen molar-refractivity contribution in [3.63, 3.8) is 0 Å². The number of nitrogens with zero attached hydrogens (tertiary/aromatic N) is 1. The van der Waals surface area contributed by atoms with Gasteiger partial charge in [-0.15, -0.1) is 0 Å². The fraction of sp³-hybridized carbons (Fsp3) is 0.583. The molecule has 0 aliphatic carbocycles. The summed E-state index contributed by atoms with van der Waals surface area (Å²) in [4.78, 5) is 36.1. The molecular formula is C12H18BrN3O4. The molecule has 7 nitrogen and oxygen atoms in total. The van der Waals surface area contributed by atoms with E-state index in [4.69, 9.17) is 5.73 Å². The van der Waals surface area contributed by atoms with E-state index in [1.807, 2.05) is 0 Å². The van der Waals surface area contributed by atoms with Gasteiger partial charge in [-0.25, -0.2) is 0 Å². The van der Waals surface area contributed by atoms with E-state index in [2.05, 4.69) is 27.8 Å². The first-order chi connectivity index (χ1) is 9.22. The molecule has 8 heteroatoms. The molecule has 0 radical (unpaired) electrons. The number of rotatable bonds is 5. The third kappa shape index (κ3) is 4.31. The molecule has 1 saturated heterocycles. The molecule has 0 saturated carbocycles. The number of nitrogens with one attached hydrogen (secondary N) is 1. The number of hydrogen-bond donors (Lipinski definition) is 3. The van der Waals surface area contributed by atoms with Crippen molar-refractivity contribution in [3.8, 4) is 0 Å². The first kappa shape index (κ1) is 16.6. The number of hydrogen-bond acceptors (Lipinski definition) is 4. The van der Waals surface area contributed by atoms with Crippen LogP contribution in [0.25, 0.3) is 0 Å². The average molecular weight is 348 g/mol. The Morgan fingerprint density at radius 2 is 2.15 bits per heavy atom. The van der Waals surface area contributed by atoms with Gasteiger partial charge in [-0.05, 0) is 4.48 Å². The third-order valence-corrected chi connectivity index (χ3v) is 3.40. The second-order valence-electron chi connectivity index (χ2n) is 4.76. The van der Waals surface area contributed by atoms with Crippen LogP contribution in [0.2, 0.25) is 0 Å². The molecule has 0 aromatic rings. The Balaban J connectivity index is 2.75. The molecule has 1 aliphatic heterocycles. The minimum absolute atomic E-state index is 0.111. The molecule has 1 fully saturated rings. The predicted octanol–water partition coefficient (Wildman–Crippen LogP) is -0.763. The minimum Gasteiger partial charge on any atom is -0.391 e. The van der Waals surface area contributed by atoms with E-state index < -0.39 is 30.0 Å². The van der Waals surface area contributed by atoms with Gasteiger partial charge in [0.25, 0.3) is 0 Å². The Kier molecular flexibility index (Phi) is 5.70. The van der Waals surface area contributed by atoms with Crippen LogP contribution in [0.3, 0.4) is 0 Å². The van der Waals surface area contributed by atoms with Crippen molar-refractivity contribution in [1.82, 2.24) is 10.2 Å². The summed E-state index contributed by atoms with van der Waals surface area (Å²) in [5.74, 6) is -1.50. The first-order valence-corrected chi connectivity index (χ1v) is 6.90. The third-order valence-electron chi connectivity index (χ3n) is 3.07. The lowest BCUT2D eigenvalue weighted by molar-refractivity contribution is -0.138. The molecule has 0 unspecified atom stereocenters. The van der Waals surface area contributed by atoms with Crippen LogP contribution in [0.15, 0.2) is 11.1 Å². The van der Waals surface area contributed by atoms with Crippen LogP contribution in [-0.4, -0.2) is 52.5 Å². The van der Waals surface area contributed by atoms with Gasteiger partial charge in [-0.1, -0.05) is 22.5 Å². The van der Waals surface area contributed by atoms with Crippen molar-refractivity contribution in [2.45, 2.75) is 38.0 Å². The molecule has 1 heterocycles. The monoisotopic (exact) mass is 347 g/mol. The Hall–Kier alpha value is -1.41. The highest BCUT2D eigenvalue weighted by Gasteiger charge is 2.38. The molecule has 1 aliphatic rings. The number of amides is 3. The number of carbonyl (C=O) groups excluding carboxylic acids is 3. The summed E-state index contributed by atoms with van der Waals surface area (Å²) in [6.45, 7) is 5.02. The summed E-state index contributed by atoms with van der Waals surface area (Å²) in [6.07, 6.45) is -0.435. The molecule has 0 spiro atoms. The normalized spacial score (nSPS) is 23.2. The zero-order valence-electron chi connectivity index (χ0n) is 11.1. The molecule has 112 valence electrons. The van der Waals surface area contributed by atoms with Crippen molar-refractivity contribution < 1.29 is 19.5 Å². The molecule has 1 rings (SSSR count). The molecular weight excluding hydrogens is 330 g/mol. The summed E-state index contributed by atoms with van der Waals surface area (Å²) < 4.78 is 0.525. The van der Waals surface area contributed by atoms with Gasteiger partial charge in [0.2, 0.25) is 17.7 Å². The highest BCUT2D eigenvalue weighted by Crippen LogP contribution is 2.19. The Morgan fingerprint density at radius 3 is 2.60 bits per heavy atom. The van der Waals surface area contributed by atoms with Gasteiger partial charge in [-0.2, -0.15) is 0 Å². The molecule has 4 N–H and O–H groups in total. The lowest BCUT2D eigenvalue weighted by Crippen LogP contribution is -2.51. The molecule has 3 atom stereocenters. The van der Waals surface area contributed by atoms with Crippen molar-refractivity contribution in [2.75, 3.05) is 6.54 Å². The fourth-order valence-corrected chi connectivity index (χ4v) is 2.45. The second kappa shape index (κ2) is 6.85. The van der Waals surface area contributed by atoms with Gasteiger partial charge >= 0.3 is 0 Å². The van der Waals surface area contributed by atoms with Gasteiger partial charge in [0.1, 0.15) is 12.1 Å². The summed E-state index contributed by atoms with van der Waals surface area (Å²) in [5.41, 5.74) is 5.21. The van der Waals surface area contributed by atoms with Crippen LogP contribution < -0.4 is 11.1 Å². The van der Waals surface area contributed by atoms with E-state index in [0.29, 0.717) is 4.48 Å². The molecule has 3 amide bonds. The molecule has 0 aromatic heterocycles. The Morgan fingerprint density at radius 1 is 1.55 bits per heavy atom. The zero-order chi connectivity index (χ0) is 15.4. The Bertz CT molecular complexity index is 440. The van der Waals surface area contributed by atoms with E-state index >= 15 is 0 Å². The maximum Gasteiger partial charge on any atom is 0.243 e. The maximum atomic E-state index is 12.1. The number of aliphatic hydroxyl groups is 1. The number of likely N-dealkylation sites (tertiary alicyclic amines) is 1. The highest BCUT2D eigenvalue weighted by molar-refractivity contribution is 9.11. The quantitative estimate of drug-likeness (QED) is 0.606. The second-order valence-corrected chi connectivity index (χ2v) is 5.88. The first-order valence-electron chi connectivity index (χ1n) is 6.10. The number of β-amino-alcohol motifs (C(OH)–C–C–N with tert-alkyl or cyclic N) is 1. The topological polar surface area (TPSA) is 113 Å². The smallest absolute Gasteiger partial charge is 0.243 e. The zero-order valence-corrected chi connectivity index (χ0v) is 12.7. The van der Waals surface area contributed by atoms with Gasteiger partial charge in [-0.3, -0.25) is 14.4 Å². The SMILES string of the molecule is C=C(Br)C[C@H](NC(=O)[C@@H]1C[C@@H](O)CN1C(C)=O)C(N)=O. The fourth-order valence-electron chi connectivity index (χ4n) is 2.12. The van der Waals surface area contributed by atoms with E-state index in [-0.39, 0.29) is 25.3 Å².